The summed E-state index contributed by atoms with van der Waals surface area (Å²) in [5.41, 5.74) is -0.376. The van der Waals surface area contributed by atoms with E-state index in [1.807, 2.05) is 0 Å². The molecule has 1 aliphatic heterocycles. The van der Waals surface area contributed by atoms with Crippen LogP contribution in [0.1, 0.15) is 36.6 Å². The number of aliphatic hydroxyl groups is 3. The number of ether oxygens (including phenoxy) is 4. The first-order chi connectivity index (χ1) is 17.6. The van der Waals surface area contributed by atoms with Crippen molar-refractivity contribution < 1.29 is 43.5 Å². The summed E-state index contributed by atoms with van der Waals surface area (Å²) >= 11 is 0. The minimum Gasteiger partial charge on any atom is -0.488 e. The highest BCUT2D eigenvalue weighted by molar-refractivity contribution is 5.88. The summed E-state index contributed by atoms with van der Waals surface area (Å²) in [5.74, 6) is 0.635. The first-order valence-electron chi connectivity index (χ1n) is 11.8. The van der Waals surface area contributed by atoms with Gasteiger partial charge in [0.05, 0.1) is 24.2 Å². The molecule has 1 aliphatic rings. The zero-order valence-electron chi connectivity index (χ0n) is 21.7. The van der Waals surface area contributed by atoms with E-state index in [1.54, 1.807) is 39.0 Å². The van der Waals surface area contributed by atoms with Crippen LogP contribution in [-0.4, -0.2) is 79.2 Å². The van der Waals surface area contributed by atoms with Crippen LogP contribution in [0.3, 0.4) is 0 Å². The van der Waals surface area contributed by atoms with Crippen LogP contribution in [0.2, 0.25) is 0 Å². The maximum Gasteiger partial charge on any atom is 0.343 e. The molecule has 3 N–H and O–H groups in total. The van der Waals surface area contributed by atoms with E-state index < -0.39 is 42.2 Å². The molecule has 0 bridgehead atoms. The first-order valence-corrected chi connectivity index (χ1v) is 11.8. The molecule has 2 heterocycles. The fourth-order valence-electron chi connectivity index (χ4n) is 4.62. The highest BCUT2D eigenvalue weighted by Gasteiger charge is 2.52. The van der Waals surface area contributed by atoms with Crippen molar-refractivity contribution in [1.29, 1.82) is 0 Å². The van der Waals surface area contributed by atoms with Crippen molar-refractivity contribution in [2.24, 2.45) is 5.16 Å². The Bertz CT molecular complexity index is 1190. The third-order valence-corrected chi connectivity index (χ3v) is 6.48. The molecule has 204 valence electrons. The van der Waals surface area contributed by atoms with Crippen molar-refractivity contribution in [1.82, 2.24) is 0 Å². The van der Waals surface area contributed by atoms with Gasteiger partial charge < -0.3 is 43.5 Å². The van der Waals surface area contributed by atoms with E-state index in [1.165, 1.54) is 14.2 Å². The Morgan fingerprint density at radius 2 is 2.00 bits per heavy atom. The Balaban J connectivity index is 2.07. The first kappa shape index (κ1) is 28.6. The number of hydrogen-bond acceptors (Lipinski definition) is 11. The average Bonchev–Trinajstić information content (AvgIpc) is 2.87. The highest BCUT2D eigenvalue weighted by Crippen LogP contribution is 2.42. The summed E-state index contributed by atoms with van der Waals surface area (Å²) in [6.07, 6.45) is -2.93. The molecular weight excluding hydrogens is 486 g/mol. The van der Waals surface area contributed by atoms with E-state index >= 15 is 0 Å². The summed E-state index contributed by atoms with van der Waals surface area (Å²) in [4.78, 5) is 17.7. The maximum atomic E-state index is 13.1. The molecule has 11 heteroatoms. The summed E-state index contributed by atoms with van der Waals surface area (Å²) in [6.45, 7) is 8.45. The maximum absolute atomic E-state index is 13.1. The molecule has 1 aromatic carbocycles. The molecular formula is C26H35NO10. The number of hydrogen-bond donors (Lipinski definition) is 3. The largest absolute Gasteiger partial charge is 0.488 e. The van der Waals surface area contributed by atoms with Gasteiger partial charge in [0.15, 0.2) is 0 Å². The number of aryl methyl sites for hydroxylation is 1. The molecule has 2 aromatic rings. The highest BCUT2D eigenvalue weighted by atomic mass is 16.6. The van der Waals surface area contributed by atoms with Crippen molar-refractivity contribution >= 4 is 16.9 Å². The monoisotopic (exact) mass is 521 g/mol. The fourth-order valence-corrected chi connectivity index (χ4v) is 4.62. The van der Waals surface area contributed by atoms with E-state index in [0.717, 1.165) is 0 Å². The van der Waals surface area contributed by atoms with Gasteiger partial charge in [0, 0.05) is 20.5 Å². The quantitative estimate of drug-likeness (QED) is 0.139. The topological polar surface area (TPSA) is 149 Å². The molecule has 1 fully saturated rings. The van der Waals surface area contributed by atoms with Crippen LogP contribution in [0, 0.1) is 6.92 Å². The molecule has 0 radical (unpaired) electrons. The van der Waals surface area contributed by atoms with Crippen LogP contribution < -0.4 is 10.4 Å². The van der Waals surface area contributed by atoms with Crippen molar-refractivity contribution in [3.8, 4) is 5.75 Å². The van der Waals surface area contributed by atoms with Crippen molar-refractivity contribution in [3.63, 3.8) is 0 Å². The second kappa shape index (κ2) is 12.1. The van der Waals surface area contributed by atoms with E-state index in [4.69, 9.17) is 23.4 Å². The number of rotatable bonds is 10. The number of oxime groups is 1. The lowest BCUT2D eigenvalue weighted by Crippen LogP contribution is -2.62. The molecule has 0 amide bonds. The van der Waals surface area contributed by atoms with Gasteiger partial charge in [-0.05, 0) is 31.0 Å². The Morgan fingerprint density at radius 3 is 2.62 bits per heavy atom. The average molecular weight is 522 g/mol. The Kier molecular flexibility index (Phi) is 9.32. The summed E-state index contributed by atoms with van der Waals surface area (Å²) < 4.78 is 28.5. The number of nitrogens with zero attached hydrogens (tertiary/aromatic N) is 1. The van der Waals surface area contributed by atoms with E-state index in [9.17, 15) is 20.1 Å². The third kappa shape index (κ3) is 5.65. The number of benzene rings is 1. The van der Waals surface area contributed by atoms with Crippen LogP contribution in [0.4, 0.5) is 0 Å². The lowest BCUT2D eigenvalue weighted by Gasteiger charge is -2.48. The van der Waals surface area contributed by atoms with Gasteiger partial charge in [0.2, 0.25) is 5.90 Å². The van der Waals surface area contributed by atoms with Crippen molar-refractivity contribution in [2.75, 3.05) is 34.0 Å². The molecule has 0 saturated carbocycles. The Morgan fingerprint density at radius 1 is 1.27 bits per heavy atom. The lowest BCUT2D eigenvalue weighted by molar-refractivity contribution is -0.279. The van der Waals surface area contributed by atoms with Crippen LogP contribution in [-0.2, 0) is 25.5 Å². The second-order valence-corrected chi connectivity index (χ2v) is 8.99. The molecule has 11 nitrogen and oxygen atoms in total. The second-order valence-electron chi connectivity index (χ2n) is 8.99. The van der Waals surface area contributed by atoms with Crippen LogP contribution in [0.25, 0.3) is 11.0 Å². The van der Waals surface area contributed by atoms with Gasteiger partial charge in [-0.25, -0.2) is 4.79 Å². The van der Waals surface area contributed by atoms with Crippen molar-refractivity contribution in [3.05, 3.63) is 51.9 Å². The lowest BCUT2D eigenvalue weighted by atomic mass is 9.83. The zero-order valence-corrected chi connectivity index (χ0v) is 21.7. The molecule has 0 unspecified atom stereocenters. The SMILES string of the molecule is C=CCOc1c(CCOC(C)=NOC)c(=O)oc2c(C)c([C@@H]3O[C@](C)(CO)[C@H](OC)[C@H](O)[C@H]3O)ccc12. The molecule has 5 atom stereocenters. The van der Waals surface area contributed by atoms with Gasteiger partial charge in [0.1, 0.15) is 55.1 Å². The van der Waals surface area contributed by atoms with Crippen LogP contribution in [0.5, 0.6) is 5.75 Å². The predicted molar refractivity (Wildman–Crippen MR) is 135 cm³/mol. The molecule has 1 aromatic heterocycles. The van der Waals surface area contributed by atoms with Crippen LogP contribution >= 0.6 is 0 Å². The van der Waals surface area contributed by atoms with Gasteiger partial charge >= 0.3 is 5.63 Å². The van der Waals surface area contributed by atoms with Crippen molar-refractivity contribution in [2.45, 2.75) is 57.2 Å². The van der Waals surface area contributed by atoms with Gasteiger partial charge in [0.25, 0.3) is 0 Å². The van der Waals surface area contributed by atoms with E-state index in [2.05, 4.69) is 16.6 Å². The predicted octanol–water partition coefficient (Wildman–Crippen LogP) is 1.76. The standard InChI is InChI=1S/C26H35NO10/c1-7-11-35-22-17-9-8-16(23-19(29)20(30)24(32-5)26(4,13-28)37-23)14(2)21(17)36-25(31)18(22)10-12-34-15(3)27-33-6/h7-9,19-20,23-24,28-30H,1,10-13H2,2-6H3/t19-,20-,23+,24-,26-/m1/s1. The van der Waals surface area contributed by atoms with E-state index in [-0.39, 0.29) is 30.8 Å². The Hall–Kier alpha value is -2.96. The number of fused-ring (bicyclic) bond motifs is 1. The normalized spacial score (nSPS) is 26.2. The summed E-state index contributed by atoms with van der Waals surface area (Å²) in [5, 5.41) is 35.8. The summed E-state index contributed by atoms with van der Waals surface area (Å²) in [6, 6.07) is 3.40. The minimum absolute atomic E-state index is 0.136. The fraction of sp³-hybridized carbons (Fsp3) is 0.538. The molecule has 37 heavy (non-hydrogen) atoms. The third-order valence-electron chi connectivity index (χ3n) is 6.48. The summed E-state index contributed by atoms with van der Waals surface area (Å²) in [7, 11) is 2.77. The number of aliphatic hydroxyl groups excluding tert-OH is 3. The molecule has 3 rings (SSSR count). The number of methoxy groups -OCH3 is 1. The smallest absolute Gasteiger partial charge is 0.343 e. The zero-order chi connectivity index (χ0) is 27.3. The minimum atomic E-state index is -1.36. The molecule has 1 saturated heterocycles. The Labute approximate surface area is 214 Å². The van der Waals surface area contributed by atoms with Gasteiger partial charge in [-0.2, -0.15) is 0 Å². The van der Waals surface area contributed by atoms with E-state index in [0.29, 0.717) is 28.2 Å². The molecule has 0 spiro atoms. The van der Waals surface area contributed by atoms with Crippen LogP contribution in [0.15, 0.2) is 39.2 Å². The molecule has 0 aliphatic carbocycles. The van der Waals surface area contributed by atoms with Gasteiger partial charge in [-0.1, -0.05) is 23.9 Å². The van der Waals surface area contributed by atoms with Gasteiger partial charge in [-0.3, -0.25) is 0 Å². The van der Waals surface area contributed by atoms with Gasteiger partial charge in [-0.15, -0.1) is 0 Å².